The molecule has 5 heteroatoms. The quantitative estimate of drug-likeness (QED) is 0.839. The van der Waals surface area contributed by atoms with E-state index >= 15 is 0 Å². The summed E-state index contributed by atoms with van der Waals surface area (Å²) in [5, 5.41) is 6.27. The SMILES string of the molecule is CCCNC(=O)Cn1c(C(C)C)nc2c1CCNC2. The number of nitrogens with one attached hydrogen (secondary N) is 2. The van der Waals surface area contributed by atoms with Gasteiger partial charge in [-0.15, -0.1) is 0 Å². The molecule has 0 atom stereocenters. The molecule has 0 saturated heterocycles. The molecule has 2 rings (SSSR count). The fourth-order valence-electron chi connectivity index (χ4n) is 2.47. The molecule has 1 aromatic heterocycles. The van der Waals surface area contributed by atoms with Crippen molar-refractivity contribution in [2.75, 3.05) is 13.1 Å². The van der Waals surface area contributed by atoms with E-state index in [1.165, 1.54) is 5.69 Å². The van der Waals surface area contributed by atoms with Gasteiger partial charge in [0, 0.05) is 37.7 Å². The molecule has 0 radical (unpaired) electrons. The molecule has 1 aromatic rings. The van der Waals surface area contributed by atoms with Gasteiger partial charge in [0.15, 0.2) is 0 Å². The molecule has 0 saturated carbocycles. The summed E-state index contributed by atoms with van der Waals surface area (Å²) in [5.74, 6) is 1.45. The van der Waals surface area contributed by atoms with Gasteiger partial charge in [0.05, 0.1) is 5.69 Å². The largest absolute Gasteiger partial charge is 0.355 e. The van der Waals surface area contributed by atoms with Gasteiger partial charge in [-0.1, -0.05) is 20.8 Å². The molecule has 2 N–H and O–H groups in total. The average Bonchev–Trinajstić information content (AvgIpc) is 2.76. The van der Waals surface area contributed by atoms with Gasteiger partial charge in [0.2, 0.25) is 5.91 Å². The number of imidazole rings is 1. The van der Waals surface area contributed by atoms with Crippen molar-refractivity contribution in [2.45, 2.75) is 52.6 Å². The van der Waals surface area contributed by atoms with Crippen LogP contribution in [0.2, 0.25) is 0 Å². The Morgan fingerprint density at radius 3 is 3.00 bits per heavy atom. The first kappa shape index (κ1) is 14.1. The lowest BCUT2D eigenvalue weighted by Gasteiger charge is -2.16. The molecule has 0 fully saturated rings. The second-order valence-corrected chi connectivity index (χ2v) is 5.38. The minimum atomic E-state index is 0.0856. The normalized spacial score (nSPS) is 14.5. The minimum absolute atomic E-state index is 0.0856. The summed E-state index contributed by atoms with van der Waals surface area (Å²) < 4.78 is 2.12. The maximum atomic E-state index is 12.0. The second kappa shape index (κ2) is 6.19. The Kier molecular flexibility index (Phi) is 4.58. The third kappa shape index (κ3) is 3.15. The lowest BCUT2D eigenvalue weighted by atomic mass is 10.2. The molecule has 1 aliphatic heterocycles. The Balaban J connectivity index is 2.21. The van der Waals surface area contributed by atoms with Gasteiger partial charge in [-0.2, -0.15) is 0 Å². The van der Waals surface area contributed by atoms with E-state index in [0.29, 0.717) is 12.5 Å². The fourth-order valence-corrected chi connectivity index (χ4v) is 2.47. The van der Waals surface area contributed by atoms with Gasteiger partial charge in [-0.05, 0) is 6.42 Å². The molecule has 0 spiro atoms. The highest BCUT2D eigenvalue weighted by Crippen LogP contribution is 2.21. The summed E-state index contributed by atoms with van der Waals surface area (Å²) in [7, 11) is 0. The molecule has 0 aromatic carbocycles. The third-order valence-corrected chi connectivity index (χ3v) is 3.41. The zero-order chi connectivity index (χ0) is 13.8. The van der Waals surface area contributed by atoms with Crippen LogP contribution >= 0.6 is 0 Å². The summed E-state index contributed by atoms with van der Waals surface area (Å²) in [5.41, 5.74) is 2.34. The van der Waals surface area contributed by atoms with Crippen LogP contribution in [0.1, 0.15) is 50.3 Å². The number of nitrogens with zero attached hydrogens (tertiary/aromatic N) is 2. The summed E-state index contributed by atoms with van der Waals surface area (Å²) >= 11 is 0. The minimum Gasteiger partial charge on any atom is -0.355 e. The molecule has 1 amide bonds. The molecular weight excluding hydrogens is 240 g/mol. The second-order valence-electron chi connectivity index (χ2n) is 5.38. The van der Waals surface area contributed by atoms with Crippen LogP contribution in [0, 0.1) is 0 Å². The van der Waals surface area contributed by atoms with E-state index in [9.17, 15) is 4.79 Å². The summed E-state index contributed by atoms with van der Waals surface area (Å²) in [6.07, 6.45) is 1.92. The van der Waals surface area contributed by atoms with Crippen LogP contribution in [0.5, 0.6) is 0 Å². The molecule has 0 aliphatic carbocycles. The first-order valence-electron chi connectivity index (χ1n) is 7.19. The van der Waals surface area contributed by atoms with E-state index in [4.69, 9.17) is 4.98 Å². The predicted molar refractivity (Wildman–Crippen MR) is 75.0 cm³/mol. The predicted octanol–water partition coefficient (Wildman–Crippen LogP) is 1.18. The number of carbonyl (C=O) groups excluding carboxylic acids is 1. The number of fused-ring (bicyclic) bond motifs is 1. The molecule has 1 aliphatic rings. The van der Waals surface area contributed by atoms with Gasteiger partial charge >= 0.3 is 0 Å². The highest BCUT2D eigenvalue weighted by atomic mass is 16.1. The van der Waals surface area contributed by atoms with E-state index in [1.54, 1.807) is 0 Å². The number of hydrogen-bond donors (Lipinski definition) is 2. The maximum Gasteiger partial charge on any atom is 0.239 e. The molecule has 106 valence electrons. The van der Waals surface area contributed by atoms with Crippen molar-refractivity contribution in [1.82, 2.24) is 20.2 Å². The lowest BCUT2D eigenvalue weighted by Crippen LogP contribution is -2.31. The maximum absolute atomic E-state index is 12.0. The Labute approximate surface area is 114 Å². The van der Waals surface area contributed by atoms with E-state index in [0.717, 1.165) is 44.0 Å². The molecule has 0 unspecified atom stereocenters. The van der Waals surface area contributed by atoms with Crippen molar-refractivity contribution < 1.29 is 4.79 Å². The van der Waals surface area contributed by atoms with Gasteiger partial charge in [0.1, 0.15) is 12.4 Å². The standard InChI is InChI=1S/C14H24N4O/c1-4-6-16-13(19)9-18-12-5-7-15-8-11(12)17-14(18)10(2)3/h10,15H,4-9H2,1-3H3,(H,16,19). The highest BCUT2D eigenvalue weighted by molar-refractivity contribution is 5.75. The van der Waals surface area contributed by atoms with Crippen LogP contribution in [0.3, 0.4) is 0 Å². The zero-order valence-corrected chi connectivity index (χ0v) is 12.1. The molecule has 5 nitrogen and oxygen atoms in total. The topological polar surface area (TPSA) is 59.0 Å². The number of rotatable bonds is 5. The fraction of sp³-hybridized carbons (Fsp3) is 0.714. The van der Waals surface area contributed by atoms with Crippen molar-refractivity contribution in [3.05, 3.63) is 17.2 Å². The van der Waals surface area contributed by atoms with E-state index in [-0.39, 0.29) is 5.91 Å². The smallest absolute Gasteiger partial charge is 0.239 e. The molecule has 19 heavy (non-hydrogen) atoms. The van der Waals surface area contributed by atoms with Gasteiger partial charge in [0.25, 0.3) is 0 Å². The average molecular weight is 264 g/mol. The Bertz CT molecular complexity index is 451. The van der Waals surface area contributed by atoms with Crippen LogP contribution in [0.25, 0.3) is 0 Å². The van der Waals surface area contributed by atoms with Crippen molar-refractivity contribution >= 4 is 5.91 Å². The lowest BCUT2D eigenvalue weighted by molar-refractivity contribution is -0.121. The monoisotopic (exact) mass is 264 g/mol. The van der Waals surface area contributed by atoms with E-state index in [2.05, 4.69) is 36.0 Å². The number of aromatic nitrogens is 2. The highest BCUT2D eigenvalue weighted by Gasteiger charge is 2.22. The first-order valence-corrected chi connectivity index (χ1v) is 7.19. The van der Waals surface area contributed by atoms with Crippen LogP contribution < -0.4 is 10.6 Å². The molecule has 2 heterocycles. The summed E-state index contributed by atoms with van der Waals surface area (Å²) in [4.78, 5) is 16.7. The zero-order valence-electron chi connectivity index (χ0n) is 12.1. The van der Waals surface area contributed by atoms with Crippen molar-refractivity contribution in [3.8, 4) is 0 Å². The summed E-state index contributed by atoms with van der Waals surface area (Å²) in [6.45, 7) is 9.24. The third-order valence-electron chi connectivity index (χ3n) is 3.41. The van der Waals surface area contributed by atoms with Crippen molar-refractivity contribution in [1.29, 1.82) is 0 Å². The number of carbonyl (C=O) groups is 1. The Hall–Kier alpha value is -1.36. The summed E-state index contributed by atoms with van der Waals surface area (Å²) in [6, 6.07) is 0. The van der Waals surface area contributed by atoms with Crippen molar-refractivity contribution in [2.24, 2.45) is 0 Å². The molecule has 0 bridgehead atoms. The van der Waals surface area contributed by atoms with Gasteiger partial charge in [-0.3, -0.25) is 4.79 Å². The van der Waals surface area contributed by atoms with Gasteiger partial charge in [-0.25, -0.2) is 4.98 Å². The van der Waals surface area contributed by atoms with Crippen LogP contribution in [-0.4, -0.2) is 28.5 Å². The molecular formula is C14H24N4O. The first-order chi connectivity index (χ1) is 9.13. The van der Waals surface area contributed by atoms with Crippen molar-refractivity contribution in [3.63, 3.8) is 0 Å². The number of amides is 1. The van der Waals surface area contributed by atoms with Gasteiger partial charge < -0.3 is 15.2 Å². The van der Waals surface area contributed by atoms with Crippen LogP contribution in [0.4, 0.5) is 0 Å². The van der Waals surface area contributed by atoms with Crippen LogP contribution in [-0.2, 0) is 24.3 Å². The van der Waals surface area contributed by atoms with Crippen LogP contribution in [0.15, 0.2) is 0 Å². The van der Waals surface area contributed by atoms with E-state index in [1.807, 2.05) is 0 Å². The van der Waals surface area contributed by atoms with E-state index < -0.39 is 0 Å². The Morgan fingerprint density at radius 1 is 1.53 bits per heavy atom. The Morgan fingerprint density at radius 2 is 2.32 bits per heavy atom. The number of hydrogen-bond acceptors (Lipinski definition) is 3.